The molecule has 0 fully saturated rings. The van der Waals surface area contributed by atoms with Gasteiger partial charge in [-0.2, -0.15) is 0 Å². The molecule has 4 aromatic rings. The van der Waals surface area contributed by atoms with E-state index in [1.54, 1.807) is 12.1 Å². The lowest BCUT2D eigenvalue weighted by Crippen LogP contribution is -1.97. The highest BCUT2D eigenvalue weighted by atomic mass is 35.5. The zero-order chi connectivity index (χ0) is 22.5. The molecule has 0 aliphatic carbocycles. The van der Waals surface area contributed by atoms with Gasteiger partial charge in [-0.15, -0.1) is 10.2 Å². The molecule has 6 nitrogen and oxygen atoms in total. The number of hydrogen-bond acceptors (Lipinski definition) is 6. The second kappa shape index (κ2) is 9.99. The molecule has 0 bridgehead atoms. The normalized spacial score (nSPS) is 10.7. The monoisotopic (exact) mass is 485 g/mol. The quantitative estimate of drug-likeness (QED) is 0.277. The molecule has 0 amide bonds. The minimum absolute atomic E-state index is 0.0780. The van der Waals surface area contributed by atoms with E-state index < -0.39 is 5.97 Å². The fourth-order valence-corrected chi connectivity index (χ4v) is 3.99. The van der Waals surface area contributed by atoms with E-state index in [-0.39, 0.29) is 6.42 Å². The van der Waals surface area contributed by atoms with E-state index in [4.69, 9.17) is 33.0 Å². The number of hydrogen-bond donors (Lipinski definition) is 2. The Balaban J connectivity index is 1.47. The van der Waals surface area contributed by atoms with Crippen LogP contribution in [0, 0.1) is 0 Å². The number of benzene rings is 3. The Morgan fingerprint density at radius 3 is 2.53 bits per heavy atom. The number of nitrogens with one attached hydrogen (secondary N) is 1. The Hall–Kier alpha value is -3.13. The lowest BCUT2D eigenvalue weighted by Gasteiger charge is -2.08. The molecular weight excluding hydrogens is 469 g/mol. The Bertz CT molecular complexity index is 1260. The first-order valence-corrected chi connectivity index (χ1v) is 11.2. The first-order valence-electron chi connectivity index (χ1n) is 9.61. The average Bonchev–Trinajstić information content (AvgIpc) is 3.24. The number of nitrogens with zero attached hydrogens (tertiary/aromatic N) is 2. The van der Waals surface area contributed by atoms with Crippen LogP contribution < -0.4 is 10.1 Å². The molecule has 0 saturated carbocycles. The van der Waals surface area contributed by atoms with E-state index in [9.17, 15) is 4.79 Å². The summed E-state index contributed by atoms with van der Waals surface area (Å²) in [5.74, 6) is 0.463. The van der Waals surface area contributed by atoms with Crippen LogP contribution in [0.1, 0.15) is 12.0 Å². The van der Waals surface area contributed by atoms with Gasteiger partial charge < -0.3 is 15.2 Å². The van der Waals surface area contributed by atoms with Crippen LogP contribution in [-0.2, 0) is 11.2 Å². The van der Waals surface area contributed by atoms with E-state index in [2.05, 4.69) is 15.5 Å². The third kappa shape index (κ3) is 5.76. The maximum atomic E-state index is 10.8. The Kier molecular flexibility index (Phi) is 6.90. The largest absolute Gasteiger partial charge is 0.481 e. The van der Waals surface area contributed by atoms with Crippen LogP contribution in [0.2, 0.25) is 10.0 Å². The van der Waals surface area contributed by atoms with E-state index in [1.807, 2.05) is 54.6 Å². The molecule has 0 spiro atoms. The molecule has 4 rings (SSSR count). The van der Waals surface area contributed by atoms with Gasteiger partial charge in [0.25, 0.3) is 0 Å². The molecule has 0 radical (unpaired) electrons. The molecule has 32 heavy (non-hydrogen) atoms. The zero-order valence-electron chi connectivity index (χ0n) is 16.6. The van der Waals surface area contributed by atoms with Crippen molar-refractivity contribution in [3.63, 3.8) is 0 Å². The summed E-state index contributed by atoms with van der Waals surface area (Å²) in [4.78, 5) is 10.8. The number of rotatable bonds is 8. The first-order chi connectivity index (χ1) is 15.5. The fourth-order valence-electron chi connectivity index (χ4n) is 2.93. The second-order valence-electron chi connectivity index (χ2n) is 6.84. The van der Waals surface area contributed by atoms with E-state index in [1.165, 1.54) is 11.3 Å². The third-order valence-electron chi connectivity index (χ3n) is 4.44. The fraction of sp³-hybridized carbons (Fsp3) is 0.0870. The van der Waals surface area contributed by atoms with Crippen molar-refractivity contribution in [3.8, 4) is 22.1 Å². The number of aliphatic carboxylic acids is 1. The Labute approximate surface area is 198 Å². The maximum Gasteiger partial charge on any atom is 0.303 e. The van der Waals surface area contributed by atoms with E-state index >= 15 is 0 Å². The molecule has 3 aromatic carbocycles. The summed E-state index contributed by atoms with van der Waals surface area (Å²) >= 11 is 13.4. The molecule has 0 saturated heterocycles. The van der Waals surface area contributed by atoms with Crippen molar-refractivity contribution in [2.24, 2.45) is 0 Å². The molecule has 0 aliphatic heterocycles. The predicted molar refractivity (Wildman–Crippen MR) is 128 cm³/mol. The molecule has 2 N–H and O–H groups in total. The Morgan fingerprint density at radius 1 is 0.969 bits per heavy atom. The SMILES string of the molecule is O=C(O)CCc1cccc(Oc2cccc(-c3nnc(Nc4ccc(Cl)c(Cl)c4)s3)c2)c1. The number of ether oxygens (including phenoxy) is 1. The van der Waals surface area contributed by atoms with Gasteiger partial charge in [-0.3, -0.25) is 4.79 Å². The second-order valence-corrected chi connectivity index (χ2v) is 8.63. The number of aromatic nitrogens is 2. The van der Waals surface area contributed by atoms with Crippen molar-refractivity contribution in [1.29, 1.82) is 0 Å². The third-order valence-corrected chi connectivity index (χ3v) is 6.07. The molecule has 0 unspecified atom stereocenters. The summed E-state index contributed by atoms with van der Waals surface area (Å²) in [6.45, 7) is 0. The van der Waals surface area contributed by atoms with Gasteiger partial charge in [0.05, 0.1) is 10.0 Å². The lowest BCUT2D eigenvalue weighted by molar-refractivity contribution is -0.136. The molecule has 1 heterocycles. The topological polar surface area (TPSA) is 84.3 Å². The average molecular weight is 486 g/mol. The molecule has 1 aromatic heterocycles. The number of anilines is 2. The minimum atomic E-state index is -0.825. The number of carbonyl (C=O) groups is 1. The lowest BCUT2D eigenvalue weighted by atomic mass is 10.1. The minimum Gasteiger partial charge on any atom is -0.481 e. The van der Waals surface area contributed by atoms with Gasteiger partial charge >= 0.3 is 5.97 Å². The smallest absolute Gasteiger partial charge is 0.303 e. The molecule has 0 atom stereocenters. The Morgan fingerprint density at radius 2 is 1.75 bits per heavy atom. The predicted octanol–water partition coefficient (Wildman–Crippen LogP) is 7.07. The number of carboxylic acids is 1. The van der Waals surface area contributed by atoms with Crippen LogP contribution in [0.15, 0.2) is 66.7 Å². The van der Waals surface area contributed by atoms with Crippen molar-refractivity contribution in [1.82, 2.24) is 10.2 Å². The van der Waals surface area contributed by atoms with Crippen molar-refractivity contribution in [2.75, 3.05) is 5.32 Å². The van der Waals surface area contributed by atoms with Crippen LogP contribution in [0.4, 0.5) is 10.8 Å². The van der Waals surface area contributed by atoms with Crippen molar-refractivity contribution in [2.45, 2.75) is 12.8 Å². The number of aryl methyl sites for hydroxylation is 1. The number of halogens is 2. The molecule has 0 aliphatic rings. The van der Waals surface area contributed by atoms with Crippen molar-refractivity contribution in [3.05, 3.63) is 82.3 Å². The highest BCUT2D eigenvalue weighted by molar-refractivity contribution is 7.18. The summed E-state index contributed by atoms with van der Waals surface area (Å²) in [5, 5.41) is 22.8. The maximum absolute atomic E-state index is 10.8. The van der Waals surface area contributed by atoms with Crippen molar-refractivity contribution >= 4 is 51.3 Å². The summed E-state index contributed by atoms with van der Waals surface area (Å²) in [5.41, 5.74) is 2.54. The van der Waals surface area contributed by atoms with Gasteiger partial charge in [0.15, 0.2) is 0 Å². The van der Waals surface area contributed by atoms with Crippen LogP contribution in [0.5, 0.6) is 11.5 Å². The zero-order valence-corrected chi connectivity index (χ0v) is 18.9. The highest BCUT2D eigenvalue weighted by Crippen LogP contribution is 2.33. The summed E-state index contributed by atoms with van der Waals surface area (Å²) in [7, 11) is 0. The first kappa shape index (κ1) is 22.1. The van der Waals surface area contributed by atoms with Crippen LogP contribution in [0.25, 0.3) is 10.6 Å². The van der Waals surface area contributed by atoms with Gasteiger partial charge in [0.1, 0.15) is 16.5 Å². The standard InChI is InChI=1S/C23H17Cl2N3O3S/c24-19-9-8-16(13-20(19)25)26-23-28-27-22(32-23)15-4-2-6-18(12-15)31-17-5-1-3-14(11-17)7-10-21(29)30/h1-6,8-9,11-13H,7,10H2,(H,26,28)(H,29,30). The summed E-state index contributed by atoms with van der Waals surface area (Å²) in [6, 6.07) is 20.2. The molecule has 9 heteroatoms. The molecular formula is C23H17Cl2N3O3S. The highest BCUT2D eigenvalue weighted by Gasteiger charge is 2.10. The summed E-state index contributed by atoms with van der Waals surface area (Å²) in [6.07, 6.45) is 0.528. The summed E-state index contributed by atoms with van der Waals surface area (Å²) < 4.78 is 5.98. The van der Waals surface area contributed by atoms with Gasteiger partial charge in [-0.1, -0.05) is 58.8 Å². The van der Waals surface area contributed by atoms with Crippen LogP contribution >= 0.6 is 34.5 Å². The van der Waals surface area contributed by atoms with Crippen molar-refractivity contribution < 1.29 is 14.6 Å². The number of carboxylic acid groups (broad SMARTS) is 1. The van der Waals surface area contributed by atoms with Gasteiger partial charge in [0.2, 0.25) is 5.13 Å². The molecule has 162 valence electrons. The van der Waals surface area contributed by atoms with Crippen LogP contribution in [-0.4, -0.2) is 21.3 Å². The van der Waals surface area contributed by atoms with E-state index in [0.717, 1.165) is 21.8 Å². The van der Waals surface area contributed by atoms with Gasteiger partial charge in [-0.25, -0.2) is 0 Å². The van der Waals surface area contributed by atoms with Gasteiger partial charge in [0, 0.05) is 17.7 Å². The van der Waals surface area contributed by atoms with E-state index in [0.29, 0.717) is 33.1 Å². The van der Waals surface area contributed by atoms with Crippen LogP contribution in [0.3, 0.4) is 0 Å². The van der Waals surface area contributed by atoms with Gasteiger partial charge in [-0.05, 0) is 54.4 Å².